The minimum Gasteiger partial charge on any atom is -0.346 e. The number of sulfonamides is 1. The van der Waals surface area contributed by atoms with Crippen molar-refractivity contribution in [2.45, 2.75) is 31.6 Å². The second-order valence-corrected chi connectivity index (χ2v) is 8.14. The summed E-state index contributed by atoms with van der Waals surface area (Å²) in [6.45, 7) is 4.59. The van der Waals surface area contributed by atoms with Gasteiger partial charge < -0.3 is 4.90 Å². The lowest BCUT2D eigenvalue weighted by Crippen LogP contribution is -2.43. The van der Waals surface area contributed by atoms with Crippen molar-refractivity contribution in [2.75, 3.05) is 26.7 Å². The quantitative estimate of drug-likeness (QED) is 0.582. The molecule has 1 amide bonds. The van der Waals surface area contributed by atoms with Gasteiger partial charge in [0.15, 0.2) is 0 Å². The van der Waals surface area contributed by atoms with E-state index < -0.39 is 14.9 Å². The minimum atomic E-state index is -3.82. The molecule has 1 aromatic rings. The number of hydrogen-bond donors (Lipinski definition) is 0. The maximum absolute atomic E-state index is 12.9. The van der Waals surface area contributed by atoms with Crippen LogP contribution in [0.2, 0.25) is 0 Å². The molecule has 1 saturated heterocycles. The van der Waals surface area contributed by atoms with E-state index in [1.165, 1.54) is 16.4 Å². The summed E-state index contributed by atoms with van der Waals surface area (Å²) >= 11 is 0. The summed E-state index contributed by atoms with van der Waals surface area (Å²) in [6, 6.07) is 3.84. The van der Waals surface area contributed by atoms with E-state index in [0.29, 0.717) is 24.9 Å². The first-order chi connectivity index (χ1) is 11.7. The van der Waals surface area contributed by atoms with Crippen molar-refractivity contribution < 1.29 is 18.1 Å². The van der Waals surface area contributed by atoms with E-state index in [1.807, 2.05) is 6.92 Å². The van der Waals surface area contributed by atoms with Crippen LogP contribution in [0, 0.1) is 23.0 Å². The average Bonchev–Trinajstić information content (AvgIpc) is 2.60. The lowest BCUT2D eigenvalue weighted by atomic mass is 9.97. The molecule has 0 atom stereocenters. The number of rotatable bonds is 5. The Morgan fingerprint density at radius 3 is 2.48 bits per heavy atom. The zero-order chi connectivity index (χ0) is 18.8. The lowest BCUT2D eigenvalue weighted by molar-refractivity contribution is -0.385. The van der Waals surface area contributed by atoms with Crippen LogP contribution in [0.25, 0.3) is 0 Å². The van der Waals surface area contributed by atoms with Gasteiger partial charge in [-0.3, -0.25) is 14.9 Å². The zero-order valence-corrected chi connectivity index (χ0v) is 15.5. The topological polar surface area (TPSA) is 101 Å². The molecule has 1 aliphatic rings. The smallest absolute Gasteiger partial charge is 0.270 e. The SMILES string of the molecule is CCN(C)C(=O)C1CCN(S(=O)(=O)c2cc([N+](=O)[O-])ccc2C)CC1. The van der Waals surface area contributed by atoms with Crippen molar-refractivity contribution in [2.24, 2.45) is 5.92 Å². The van der Waals surface area contributed by atoms with Crippen LogP contribution in [-0.4, -0.2) is 55.1 Å². The van der Waals surface area contributed by atoms with Crippen LogP contribution < -0.4 is 0 Å². The Hall–Kier alpha value is -2.00. The number of aryl methyl sites for hydroxylation is 1. The average molecular weight is 369 g/mol. The van der Waals surface area contributed by atoms with Gasteiger partial charge in [0.05, 0.1) is 9.82 Å². The maximum Gasteiger partial charge on any atom is 0.270 e. The molecule has 138 valence electrons. The number of nitro groups is 1. The lowest BCUT2D eigenvalue weighted by Gasteiger charge is -2.32. The second kappa shape index (κ2) is 7.49. The Bertz CT molecular complexity index is 770. The van der Waals surface area contributed by atoms with Gasteiger partial charge in [0.2, 0.25) is 15.9 Å². The molecular weight excluding hydrogens is 346 g/mol. The van der Waals surface area contributed by atoms with Crippen LogP contribution in [0.1, 0.15) is 25.3 Å². The molecular formula is C16H23N3O5S. The van der Waals surface area contributed by atoms with Gasteiger partial charge in [0.25, 0.3) is 5.69 Å². The maximum atomic E-state index is 12.9. The fraction of sp³-hybridized carbons (Fsp3) is 0.562. The fourth-order valence-electron chi connectivity index (χ4n) is 2.93. The van der Waals surface area contributed by atoms with Crippen LogP contribution in [0.4, 0.5) is 5.69 Å². The highest BCUT2D eigenvalue weighted by atomic mass is 32.2. The van der Waals surface area contributed by atoms with Gasteiger partial charge in [0, 0.05) is 44.7 Å². The number of carbonyl (C=O) groups is 1. The van der Waals surface area contributed by atoms with E-state index in [-0.39, 0.29) is 35.5 Å². The summed E-state index contributed by atoms with van der Waals surface area (Å²) < 4.78 is 27.0. The number of nitrogens with zero attached hydrogens (tertiary/aromatic N) is 3. The number of hydrogen-bond acceptors (Lipinski definition) is 5. The van der Waals surface area contributed by atoms with Crippen LogP contribution in [0.3, 0.4) is 0 Å². The molecule has 2 rings (SSSR count). The molecule has 0 N–H and O–H groups in total. The molecule has 1 aliphatic heterocycles. The molecule has 0 radical (unpaired) electrons. The fourth-order valence-corrected chi connectivity index (χ4v) is 4.64. The normalized spacial score (nSPS) is 16.6. The number of carbonyl (C=O) groups excluding carboxylic acids is 1. The van der Waals surface area contributed by atoms with E-state index in [4.69, 9.17) is 0 Å². The summed E-state index contributed by atoms with van der Waals surface area (Å²) in [5.74, 6) is -0.145. The Labute approximate surface area is 147 Å². The van der Waals surface area contributed by atoms with E-state index in [0.717, 1.165) is 6.07 Å². The summed E-state index contributed by atoms with van der Waals surface area (Å²) in [5.41, 5.74) is 0.216. The third kappa shape index (κ3) is 3.98. The molecule has 0 spiro atoms. The summed E-state index contributed by atoms with van der Waals surface area (Å²) in [4.78, 5) is 24.1. The van der Waals surface area contributed by atoms with Gasteiger partial charge in [-0.2, -0.15) is 4.31 Å². The number of non-ortho nitro benzene ring substituents is 1. The molecule has 0 unspecified atom stereocenters. The van der Waals surface area contributed by atoms with Gasteiger partial charge in [-0.25, -0.2) is 8.42 Å². The predicted octanol–water partition coefficient (Wildman–Crippen LogP) is 1.78. The monoisotopic (exact) mass is 369 g/mol. The Morgan fingerprint density at radius 2 is 1.96 bits per heavy atom. The van der Waals surface area contributed by atoms with Crippen molar-refractivity contribution in [3.63, 3.8) is 0 Å². The first-order valence-electron chi connectivity index (χ1n) is 8.18. The van der Waals surface area contributed by atoms with E-state index in [9.17, 15) is 23.3 Å². The van der Waals surface area contributed by atoms with Gasteiger partial charge in [-0.05, 0) is 32.3 Å². The van der Waals surface area contributed by atoms with Crippen molar-refractivity contribution >= 4 is 21.6 Å². The molecule has 0 aliphatic carbocycles. The minimum absolute atomic E-state index is 0.0334. The van der Waals surface area contributed by atoms with Crippen LogP contribution in [0.5, 0.6) is 0 Å². The van der Waals surface area contributed by atoms with Crippen molar-refractivity contribution in [1.29, 1.82) is 0 Å². The standard InChI is InChI=1S/C16H23N3O5S/c1-4-17(3)16(20)13-7-9-18(10-8-13)25(23,24)15-11-14(19(21)22)6-5-12(15)2/h5-6,11,13H,4,7-10H2,1-3H3. The number of piperidine rings is 1. The highest BCUT2D eigenvalue weighted by Gasteiger charge is 2.34. The Balaban J connectivity index is 2.19. The van der Waals surface area contributed by atoms with E-state index in [2.05, 4.69) is 0 Å². The highest BCUT2D eigenvalue weighted by Crippen LogP contribution is 2.28. The number of nitro benzene ring substituents is 1. The van der Waals surface area contributed by atoms with Crippen LogP contribution in [-0.2, 0) is 14.8 Å². The summed E-state index contributed by atoms with van der Waals surface area (Å²) in [6.07, 6.45) is 0.909. The Morgan fingerprint density at radius 1 is 1.36 bits per heavy atom. The first kappa shape index (κ1) is 19.3. The zero-order valence-electron chi connectivity index (χ0n) is 14.6. The van der Waals surface area contributed by atoms with Crippen molar-refractivity contribution in [1.82, 2.24) is 9.21 Å². The van der Waals surface area contributed by atoms with Crippen LogP contribution >= 0.6 is 0 Å². The first-order valence-corrected chi connectivity index (χ1v) is 9.62. The Kier molecular flexibility index (Phi) is 5.79. The number of benzene rings is 1. The van der Waals surface area contributed by atoms with Gasteiger partial charge in [-0.1, -0.05) is 6.07 Å². The van der Waals surface area contributed by atoms with Gasteiger partial charge in [-0.15, -0.1) is 0 Å². The third-order valence-electron chi connectivity index (χ3n) is 4.65. The van der Waals surface area contributed by atoms with Gasteiger partial charge in [0.1, 0.15) is 0 Å². The molecule has 1 heterocycles. The molecule has 1 fully saturated rings. The molecule has 0 aromatic heterocycles. The van der Waals surface area contributed by atoms with Gasteiger partial charge >= 0.3 is 0 Å². The molecule has 25 heavy (non-hydrogen) atoms. The third-order valence-corrected chi connectivity index (χ3v) is 6.69. The molecule has 0 bridgehead atoms. The summed E-state index contributed by atoms with van der Waals surface area (Å²) in [5, 5.41) is 10.9. The largest absolute Gasteiger partial charge is 0.346 e. The predicted molar refractivity (Wildman–Crippen MR) is 92.6 cm³/mol. The van der Waals surface area contributed by atoms with Crippen LogP contribution in [0.15, 0.2) is 23.1 Å². The van der Waals surface area contributed by atoms with E-state index >= 15 is 0 Å². The molecule has 1 aromatic carbocycles. The van der Waals surface area contributed by atoms with Crippen molar-refractivity contribution in [3.8, 4) is 0 Å². The molecule has 0 saturated carbocycles. The van der Waals surface area contributed by atoms with Crippen molar-refractivity contribution in [3.05, 3.63) is 33.9 Å². The number of amides is 1. The highest BCUT2D eigenvalue weighted by molar-refractivity contribution is 7.89. The second-order valence-electron chi connectivity index (χ2n) is 6.24. The van der Waals surface area contributed by atoms with E-state index in [1.54, 1.807) is 18.9 Å². The summed E-state index contributed by atoms with van der Waals surface area (Å²) in [7, 11) is -2.09. The molecule has 8 nitrogen and oxygen atoms in total. The molecule has 9 heteroatoms.